The Morgan fingerprint density at radius 2 is 0.457 bits per heavy atom. The second-order valence-corrected chi connectivity index (χ2v) is 24.5. The zero-order valence-electron chi connectivity index (χ0n) is 54.6. The Labute approximate surface area is 505 Å². The third kappa shape index (κ3) is 68.0. The second kappa shape index (κ2) is 69.9. The molecule has 0 spiro atoms. The third-order valence-corrected chi connectivity index (χ3v) is 16.3. The number of hydrogen-bond donors (Lipinski definition) is 0. The van der Waals surface area contributed by atoms with Gasteiger partial charge in [-0.25, -0.2) is 0 Å². The van der Waals surface area contributed by atoms with Crippen LogP contribution in [0.15, 0.2) is 48.6 Å². The SMILES string of the molecule is CCCC/C=C\C/C=C\CCCCCCCC(=O)OCC(COC(=O)CCCCCCCCCCCCCCCCCCCCCCCCCCCCCCCCCCC)OC(=O)CCCCCCC/C=C\C/C=C\CCCCCC. The molecule has 1 unspecified atom stereocenters. The molecular weight excluding hydrogens is 997 g/mol. The summed E-state index contributed by atoms with van der Waals surface area (Å²) in [6, 6.07) is 0. The number of carbonyl (C=O) groups is 3. The molecule has 6 nitrogen and oxygen atoms in total. The fourth-order valence-corrected chi connectivity index (χ4v) is 10.8. The Kier molecular flexibility index (Phi) is 67.6. The van der Waals surface area contributed by atoms with Crippen molar-refractivity contribution in [1.82, 2.24) is 0 Å². The Hall–Kier alpha value is -2.63. The van der Waals surface area contributed by atoms with Crippen LogP contribution >= 0.6 is 0 Å². The first-order valence-corrected chi connectivity index (χ1v) is 36.1. The van der Waals surface area contributed by atoms with Crippen LogP contribution in [0.4, 0.5) is 0 Å². The van der Waals surface area contributed by atoms with Crippen LogP contribution in [0.25, 0.3) is 0 Å². The molecule has 0 aliphatic rings. The van der Waals surface area contributed by atoms with E-state index in [1.54, 1.807) is 0 Å². The van der Waals surface area contributed by atoms with E-state index in [2.05, 4.69) is 69.4 Å². The molecule has 0 rings (SSSR count). The molecule has 0 N–H and O–H groups in total. The van der Waals surface area contributed by atoms with E-state index in [4.69, 9.17) is 14.2 Å². The summed E-state index contributed by atoms with van der Waals surface area (Å²) in [6.45, 7) is 6.62. The average Bonchev–Trinajstić information content (AvgIpc) is 3.47. The molecule has 0 fully saturated rings. The minimum Gasteiger partial charge on any atom is -0.462 e. The van der Waals surface area contributed by atoms with Gasteiger partial charge in [0.15, 0.2) is 6.10 Å². The Morgan fingerprint density at radius 3 is 0.728 bits per heavy atom. The number of rotatable bonds is 67. The van der Waals surface area contributed by atoms with E-state index in [1.807, 2.05) is 0 Å². The summed E-state index contributed by atoms with van der Waals surface area (Å²) in [5.74, 6) is -0.886. The van der Waals surface area contributed by atoms with Gasteiger partial charge in [0.05, 0.1) is 0 Å². The van der Waals surface area contributed by atoms with Gasteiger partial charge < -0.3 is 14.2 Å². The molecule has 474 valence electrons. The smallest absolute Gasteiger partial charge is 0.306 e. The van der Waals surface area contributed by atoms with Crippen LogP contribution in [0.3, 0.4) is 0 Å². The summed E-state index contributed by atoms with van der Waals surface area (Å²) in [6.07, 6.45) is 88.8. The quantitative estimate of drug-likeness (QED) is 0.0261. The van der Waals surface area contributed by atoms with Crippen molar-refractivity contribution in [2.24, 2.45) is 0 Å². The molecule has 0 aromatic rings. The van der Waals surface area contributed by atoms with Crippen LogP contribution in [-0.2, 0) is 28.6 Å². The molecule has 1 atom stereocenters. The van der Waals surface area contributed by atoms with Gasteiger partial charge in [0, 0.05) is 19.3 Å². The molecule has 0 aromatic carbocycles. The lowest BCUT2D eigenvalue weighted by atomic mass is 10.0. The lowest BCUT2D eigenvalue weighted by molar-refractivity contribution is -0.167. The van der Waals surface area contributed by atoms with Crippen molar-refractivity contribution < 1.29 is 28.6 Å². The highest BCUT2D eigenvalue weighted by Gasteiger charge is 2.19. The van der Waals surface area contributed by atoms with E-state index in [9.17, 15) is 14.4 Å². The molecule has 0 amide bonds. The number of carbonyl (C=O) groups excluding carboxylic acids is 3. The van der Waals surface area contributed by atoms with E-state index in [1.165, 1.54) is 250 Å². The first-order valence-electron chi connectivity index (χ1n) is 36.1. The van der Waals surface area contributed by atoms with E-state index < -0.39 is 6.10 Å². The van der Waals surface area contributed by atoms with E-state index in [0.717, 1.165) is 103 Å². The number of hydrogen-bond acceptors (Lipinski definition) is 6. The van der Waals surface area contributed by atoms with Crippen molar-refractivity contribution in [1.29, 1.82) is 0 Å². The van der Waals surface area contributed by atoms with Crippen LogP contribution in [0.1, 0.15) is 393 Å². The Balaban J connectivity index is 4.12. The third-order valence-electron chi connectivity index (χ3n) is 16.3. The highest BCUT2D eigenvalue weighted by Crippen LogP contribution is 2.19. The first-order chi connectivity index (χ1) is 40.0. The normalized spacial score (nSPS) is 12.3. The van der Waals surface area contributed by atoms with Crippen molar-refractivity contribution in [2.45, 2.75) is 399 Å². The van der Waals surface area contributed by atoms with Gasteiger partial charge >= 0.3 is 17.9 Å². The molecule has 0 aliphatic carbocycles. The van der Waals surface area contributed by atoms with Gasteiger partial charge in [-0.3, -0.25) is 14.4 Å². The summed E-state index contributed by atoms with van der Waals surface area (Å²) in [5, 5.41) is 0. The zero-order chi connectivity index (χ0) is 58.5. The molecule has 0 aliphatic heterocycles. The zero-order valence-corrected chi connectivity index (χ0v) is 54.6. The molecule has 0 saturated carbocycles. The van der Waals surface area contributed by atoms with Crippen molar-refractivity contribution in [3.63, 3.8) is 0 Å². The largest absolute Gasteiger partial charge is 0.462 e. The lowest BCUT2D eigenvalue weighted by Crippen LogP contribution is -2.30. The topological polar surface area (TPSA) is 78.9 Å². The summed E-state index contributed by atoms with van der Waals surface area (Å²) >= 11 is 0. The summed E-state index contributed by atoms with van der Waals surface area (Å²) in [5.41, 5.74) is 0. The fraction of sp³-hybridized carbons (Fsp3) is 0.853. The maximum atomic E-state index is 12.9. The summed E-state index contributed by atoms with van der Waals surface area (Å²) < 4.78 is 16.9. The molecular formula is C75H138O6. The van der Waals surface area contributed by atoms with Crippen LogP contribution in [0.2, 0.25) is 0 Å². The van der Waals surface area contributed by atoms with Gasteiger partial charge in [-0.15, -0.1) is 0 Å². The molecule has 6 heteroatoms. The lowest BCUT2D eigenvalue weighted by Gasteiger charge is -2.18. The first kappa shape index (κ1) is 78.4. The Bertz CT molecular complexity index is 1400. The standard InChI is InChI=1S/C75H138O6/c1-4-7-10-13-16-19-22-25-28-30-31-32-33-34-35-36-37-38-39-40-41-42-43-44-45-46-48-50-53-56-59-62-65-68-74(77)80-71-72(70-79-73(76)67-64-61-58-55-52-49-27-24-21-18-15-12-9-6-3)81-75(78)69-66-63-60-57-54-51-47-29-26-23-20-17-14-11-8-5-2/h15,18,20,23-24,27,29,47,72H,4-14,16-17,19,21-22,25-26,28,30-46,48-71H2,1-3H3/b18-15-,23-20-,27-24-,47-29-. The van der Waals surface area contributed by atoms with Crippen molar-refractivity contribution >= 4 is 17.9 Å². The van der Waals surface area contributed by atoms with E-state index in [0.29, 0.717) is 19.3 Å². The predicted molar refractivity (Wildman–Crippen MR) is 353 cm³/mol. The van der Waals surface area contributed by atoms with Gasteiger partial charge in [-0.2, -0.15) is 0 Å². The maximum Gasteiger partial charge on any atom is 0.306 e. The summed E-state index contributed by atoms with van der Waals surface area (Å²) in [7, 11) is 0. The van der Waals surface area contributed by atoms with Gasteiger partial charge in [0.1, 0.15) is 13.2 Å². The minimum absolute atomic E-state index is 0.0800. The van der Waals surface area contributed by atoms with Crippen molar-refractivity contribution in [2.75, 3.05) is 13.2 Å². The van der Waals surface area contributed by atoms with Crippen molar-refractivity contribution in [3.8, 4) is 0 Å². The maximum absolute atomic E-state index is 12.9. The molecule has 0 aromatic heterocycles. The van der Waals surface area contributed by atoms with Gasteiger partial charge in [-0.05, 0) is 77.0 Å². The van der Waals surface area contributed by atoms with Crippen LogP contribution in [0, 0.1) is 0 Å². The highest BCUT2D eigenvalue weighted by molar-refractivity contribution is 5.71. The molecule has 0 radical (unpaired) electrons. The van der Waals surface area contributed by atoms with Gasteiger partial charge in [0.2, 0.25) is 0 Å². The Morgan fingerprint density at radius 1 is 0.247 bits per heavy atom. The number of unbranched alkanes of at least 4 members (excludes halogenated alkanes) is 48. The average molecular weight is 1140 g/mol. The molecule has 0 saturated heterocycles. The molecule has 0 bridgehead atoms. The number of allylic oxidation sites excluding steroid dienone is 8. The van der Waals surface area contributed by atoms with Gasteiger partial charge in [-0.1, -0.05) is 345 Å². The van der Waals surface area contributed by atoms with E-state index in [-0.39, 0.29) is 31.1 Å². The predicted octanol–water partition coefficient (Wildman–Crippen LogP) is 24.9. The van der Waals surface area contributed by atoms with Crippen molar-refractivity contribution in [3.05, 3.63) is 48.6 Å². The summed E-state index contributed by atoms with van der Waals surface area (Å²) in [4.78, 5) is 38.4. The molecule has 81 heavy (non-hydrogen) atoms. The van der Waals surface area contributed by atoms with Crippen LogP contribution in [0.5, 0.6) is 0 Å². The second-order valence-electron chi connectivity index (χ2n) is 24.5. The van der Waals surface area contributed by atoms with E-state index >= 15 is 0 Å². The highest BCUT2D eigenvalue weighted by atomic mass is 16.6. The number of esters is 3. The monoisotopic (exact) mass is 1140 g/mol. The molecule has 0 heterocycles. The minimum atomic E-state index is -0.786. The number of ether oxygens (including phenoxy) is 3. The van der Waals surface area contributed by atoms with Crippen LogP contribution in [-0.4, -0.2) is 37.2 Å². The fourth-order valence-electron chi connectivity index (χ4n) is 10.8. The van der Waals surface area contributed by atoms with Gasteiger partial charge in [0.25, 0.3) is 0 Å². The van der Waals surface area contributed by atoms with Crippen LogP contribution < -0.4 is 0 Å².